The van der Waals surface area contributed by atoms with E-state index in [1.54, 1.807) is 6.92 Å². The van der Waals surface area contributed by atoms with Crippen molar-refractivity contribution in [2.45, 2.75) is 6.92 Å². The summed E-state index contributed by atoms with van der Waals surface area (Å²) in [7, 11) is 0. The highest BCUT2D eigenvalue weighted by Crippen LogP contribution is 2.18. The fourth-order valence-electron chi connectivity index (χ4n) is 1.17. The standard InChI is InChI=1S/C8H6BrN3O2/c1-4-10-7-6(9)2-5(8(13)14)3-12(7)11-4/h2-3H,1H3,(H,13,14). The normalized spacial score (nSPS) is 10.7. The van der Waals surface area contributed by atoms with E-state index in [0.717, 1.165) is 0 Å². The third-order valence-electron chi connectivity index (χ3n) is 1.74. The molecule has 0 radical (unpaired) electrons. The van der Waals surface area contributed by atoms with Gasteiger partial charge in [-0.3, -0.25) is 0 Å². The maximum absolute atomic E-state index is 10.7. The molecule has 6 heteroatoms. The second kappa shape index (κ2) is 3.06. The minimum absolute atomic E-state index is 0.175. The molecule has 2 rings (SSSR count). The number of hydrogen-bond acceptors (Lipinski definition) is 3. The number of aryl methyl sites for hydroxylation is 1. The fraction of sp³-hybridized carbons (Fsp3) is 0.125. The molecule has 2 aromatic heterocycles. The van der Waals surface area contributed by atoms with Crippen LogP contribution < -0.4 is 0 Å². The Kier molecular flexibility index (Phi) is 1.99. The molecule has 0 aliphatic heterocycles. The Hall–Kier alpha value is -1.43. The number of hydrogen-bond donors (Lipinski definition) is 1. The first-order valence-electron chi connectivity index (χ1n) is 3.84. The van der Waals surface area contributed by atoms with Crippen LogP contribution in [0.25, 0.3) is 5.65 Å². The van der Waals surface area contributed by atoms with Gasteiger partial charge in [-0.1, -0.05) is 0 Å². The van der Waals surface area contributed by atoms with Gasteiger partial charge in [0.2, 0.25) is 0 Å². The number of carboxylic acids is 1. The third kappa shape index (κ3) is 1.37. The van der Waals surface area contributed by atoms with Crippen molar-refractivity contribution in [1.82, 2.24) is 14.6 Å². The molecule has 0 aromatic carbocycles. The van der Waals surface area contributed by atoms with Crippen molar-refractivity contribution in [2.24, 2.45) is 0 Å². The Bertz CT molecular complexity index is 521. The van der Waals surface area contributed by atoms with Gasteiger partial charge in [-0.05, 0) is 28.9 Å². The highest BCUT2D eigenvalue weighted by molar-refractivity contribution is 9.10. The number of carbonyl (C=O) groups is 1. The van der Waals surface area contributed by atoms with Gasteiger partial charge in [-0.2, -0.15) is 5.10 Å². The quantitative estimate of drug-likeness (QED) is 0.839. The lowest BCUT2D eigenvalue weighted by molar-refractivity contribution is 0.0696. The van der Waals surface area contributed by atoms with E-state index in [2.05, 4.69) is 26.0 Å². The highest BCUT2D eigenvalue weighted by Gasteiger charge is 2.09. The van der Waals surface area contributed by atoms with Crippen molar-refractivity contribution in [3.63, 3.8) is 0 Å². The average molecular weight is 256 g/mol. The molecule has 0 atom stereocenters. The fourth-order valence-corrected chi connectivity index (χ4v) is 1.69. The predicted molar refractivity (Wildman–Crippen MR) is 52.4 cm³/mol. The maximum Gasteiger partial charge on any atom is 0.337 e. The lowest BCUT2D eigenvalue weighted by Gasteiger charge is -1.97. The van der Waals surface area contributed by atoms with Crippen LogP contribution in [0.3, 0.4) is 0 Å². The van der Waals surface area contributed by atoms with Crippen LogP contribution in [0.2, 0.25) is 0 Å². The molecule has 0 aliphatic rings. The second-order valence-electron chi connectivity index (χ2n) is 2.81. The van der Waals surface area contributed by atoms with E-state index in [-0.39, 0.29) is 5.56 Å². The minimum Gasteiger partial charge on any atom is -0.478 e. The molecule has 0 saturated heterocycles. The Morgan fingerprint density at radius 2 is 2.36 bits per heavy atom. The summed E-state index contributed by atoms with van der Waals surface area (Å²) >= 11 is 3.24. The Morgan fingerprint density at radius 1 is 1.64 bits per heavy atom. The van der Waals surface area contributed by atoms with Gasteiger partial charge >= 0.3 is 5.97 Å². The lowest BCUT2D eigenvalue weighted by Crippen LogP contribution is -2.00. The molecular formula is C8H6BrN3O2. The summed E-state index contributed by atoms with van der Waals surface area (Å²) in [6, 6.07) is 1.51. The third-order valence-corrected chi connectivity index (χ3v) is 2.32. The van der Waals surface area contributed by atoms with Gasteiger partial charge in [0, 0.05) is 6.20 Å². The van der Waals surface area contributed by atoms with Gasteiger partial charge in [-0.15, -0.1) is 0 Å². The molecule has 0 spiro atoms. The van der Waals surface area contributed by atoms with E-state index in [1.165, 1.54) is 16.8 Å². The number of nitrogens with zero attached hydrogens (tertiary/aromatic N) is 3. The molecule has 72 valence electrons. The number of halogens is 1. The topological polar surface area (TPSA) is 67.5 Å². The van der Waals surface area contributed by atoms with E-state index in [9.17, 15) is 4.79 Å². The molecule has 2 aromatic rings. The second-order valence-corrected chi connectivity index (χ2v) is 3.66. The average Bonchev–Trinajstić information content (AvgIpc) is 2.45. The van der Waals surface area contributed by atoms with E-state index in [1.807, 2.05) is 0 Å². The van der Waals surface area contributed by atoms with Crippen molar-refractivity contribution in [1.29, 1.82) is 0 Å². The summed E-state index contributed by atoms with van der Waals surface area (Å²) in [5.74, 6) is -0.381. The van der Waals surface area contributed by atoms with Crippen LogP contribution in [0.5, 0.6) is 0 Å². The molecule has 14 heavy (non-hydrogen) atoms. The largest absolute Gasteiger partial charge is 0.478 e. The number of aromatic nitrogens is 3. The smallest absolute Gasteiger partial charge is 0.337 e. The summed E-state index contributed by atoms with van der Waals surface area (Å²) < 4.78 is 2.07. The van der Waals surface area contributed by atoms with Gasteiger partial charge in [-0.25, -0.2) is 14.3 Å². The Morgan fingerprint density at radius 3 is 3.00 bits per heavy atom. The van der Waals surface area contributed by atoms with Gasteiger partial charge in [0.25, 0.3) is 0 Å². The molecule has 0 aliphatic carbocycles. The summed E-state index contributed by atoms with van der Waals surface area (Å²) in [6.45, 7) is 1.75. The van der Waals surface area contributed by atoms with E-state index in [0.29, 0.717) is 15.9 Å². The van der Waals surface area contributed by atoms with Crippen LogP contribution in [0.4, 0.5) is 0 Å². The van der Waals surface area contributed by atoms with Crippen LogP contribution in [0, 0.1) is 6.92 Å². The lowest BCUT2D eigenvalue weighted by atomic mass is 10.3. The van der Waals surface area contributed by atoms with E-state index >= 15 is 0 Å². The van der Waals surface area contributed by atoms with Crippen molar-refractivity contribution < 1.29 is 9.90 Å². The van der Waals surface area contributed by atoms with E-state index < -0.39 is 5.97 Å². The summed E-state index contributed by atoms with van der Waals surface area (Å²) in [5.41, 5.74) is 0.793. The maximum atomic E-state index is 10.7. The first-order chi connectivity index (χ1) is 6.58. The molecule has 2 heterocycles. The zero-order chi connectivity index (χ0) is 10.3. The van der Waals surface area contributed by atoms with Crippen molar-refractivity contribution in [3.8, 4) is 0 Å². The number of rotatable bonds is 1. The summed E-state index contributed by atoms with van der Waals surface area (Å²) in [5, 5.41) is 12.8. The van der Waals surface area contributed by atoms with Gasteiger partial charge in [0.05, 0.1) is 10.0 Å². The number of fused-ring (bicyclic) bond motifs is 1. The number of aromatic carboxylic acids is 1. The van der Waals surface area contributed by atoms with Crippen molar-refractivity contribution >= 4 is 27.5 Å². The molecule has 0 amide bonds. The van der Waals surface area contributed by atoms with Gasteiger partial charge in [0.15, 0.2) is 5.65 Å². The zero-order valence-electron chi connectivity index (χ0n) is 7.23. The molecule has 0 unspecified atom stereocenters. The van der Waals surface area contributed by atoms with Gasteiger partial charge in [0.1, 0.15) is 5.82 Å². The van der Waals surface area contributed by atoms with Crippen molar-refractivity contribution in [2.75, 3.05) is 0 Å². The SMILES string of the molecule is Cc1nc2c(Br)cc(C(=O)O)cn2n1. The zero-order valence-corrected chi connectivity index (χ0v) is 8.82. The van der Waals surface area contributed by atoms with Crippen LogP contribution >= 0.6 is 15.9 Å². The van der Waals surface area contributed by atoms with E-state index in [4.69, 9.17) is 5.11 Å². The summed E-state index contributed by atoms with van der Waals surface area (Å²) in [6.07, 6.45) is 1.43. The van der Waals surface area contributed by atoms with Crippen molar-refractivity contribution in [3.05, 3.63) is 28.1 Å². The Balaban J connectivity index is 2.77. The first-order valence-corrected chi connectivity index (χ1v) is 4.63. The molecule has 0 saturated carbocycles. The summed E-state index contributed by atoms with van der Waals surface area (Å²) in [4.78, 5) is 14.8. The molecule has 0 bridgehead atoms. The minimum atomic E-state index is -0.985. The first kappa shape index (κ1) is 9.14. The van der Waals surface area contributed by atoms with Crippen LogP contribution in [-0.4, -0.2) is 25.7 Å². The molecule has 0 fully saturated rings. The number of pyridine rings is 1. The van der Waals surface area contributed by atoms with Gasteiger partial charge < -0.3 is 5.11 Å². The van der Waals surface area contributed by atoms with Crippen LogP contribution in [0.15, 0.2) is 16.7 Å². The predicted octanol–water partition coefficient (Wildman–Crippen LogP) is 1.50. The molecule has 5 nitrogen and oxygen atoms in total. The molecule has 1 N–H and O–H groups in total. The molecular weight excluding hydrogens is 250 g/mol. The Labute approximate surface area is 87.5 Å². The van der Waals surface area contributed by atoms with Crippen LogP contribution in [-0.2, 0) is 0 Å². The monoisotopic (exact) mass is 255 g/mol. The highest BCUT2D eigenvalue weighted by atomic mass is 79.9. The number of carboxylic acid groups (broad SMARTS) is 1. The van der Waals surface area contributed by atoms with Crippen LogP contribution in [0.1, 0.15) is 16.2 Å².